The minimum Gasteiger partial charge on any atom is -0.857 e. The quantitative estimate of drug-likeness (QED) is 0.0996. The van der Waals surface area contributed by atoms with Gasteiger partial charge >= 0.3 is 29.4 Å². The summed E-state index contributed by atoms with van der Waals surface area (Å²) in [5.41, 5.74) is -0.0124. The first-order valence-electron chi connectivity index (χ1n) is 11.6. The van der Waals surface area contributed by atoms with E-state index >= 15 is 0 Å². The Morgan fingerprint density at radius 1 is 0.533 bits per heavy atom. The molecule has 0 aliphatic carbocycles. The van der Waals surface area contributed by atoms with Gasteiger partial charge in [-0.2, -0.15) is 46.7 Å². The third kappa shape index (κ3) is 13.5. The van der Waals surface area contributed by atoms with Crippen molar-refractivity contribution in [2.45, 2.75) is 12.4 Å². The van der Waals surface area contributed by atoms with Gasteiger partial charge in [0.15, 0.2) is 0 Å². The molecular weight excluding hydrogens is 662 g/mol. The maximum absolute atomic E-state index is 12.4. The van der Waals surface area contributed by atoms with Crippen LogP contribution in [0.2, 0.25) is 0 Å². The molecule has 0 amide bonds. The number of rotatable bonds is 6. The van der Waals surface area contributed by atoms with Crippen molar-refractivity contribution in [1.82, 2.24) is 9.97 Å². The summed E-state index contributed by atoms with van der Waals surface area (Å²) in [5.74, 6) is -1.11. The molecular formula is C28H22CuF6N6O4. The summed E-state index contributed by atoms with van der Waals surface area (Å²) >= 11 is 0. The summed E-state index contributed by atoms with van der Waals surface area (Å²) < 4.78 is 74.2. The molecule has 4 N–H and O–H groups in total. The monoisotopic (exact) mass is 683 g/mol. The number of halogens is 6. The molecule has 0 aliphatic heterocycles. The van der Waals surface area contributed by atoms with Crippen LogP contribution in [0, 0.1) is 0 Å². The normalized spacial score (nSPS) is 12.0. The molecule has 0 bridgehead atoms. The Labute approximate surface area is 262 Å². The van der Waals surface area contributed by atoms with Gasteiger partial charge in [-0.3, -0.25) is 9.97 Å². The topological polar surface area (TPSA) is 184 Å². The van der Waals surface area contributed by atoms with Crippen LogP contribution in [0.3, 0.4) is 0 Å². The fraction of sp³-hybridized carbons (Fsp3) is 0.0714. The van der Waals surface area contributed by atoms with Crippen LogP contribution in [0.25, 0.3) is 0 Å². The Hall–Kier alpha value is -4.96. The fourth-order valence-electron chi connectivity index (χ4n) is 2.92. The van der Waals surface area contributed by atoms with Crippen molar-refractivity contribution in [1.29, 1.82) is 0 Å². The largest absolute Gasteiger partial charge is 2.00 e. The molecule has 2 aromatic carbocycles. The summed E-state index contributed by atoms with van der Waals surface area (Å²) in [4.78, 5) is 7.52. The summed E-state index contributed by atoms with van der Waals surface area (Å²) in [6.45, 7) is 0. The second kappa shape index (κ2) is 18.6. The third-order valence-corrected chi connectivity index (χ3v) is 5.04. The van der Waals surface area contributed by atoms with Crippen LogP contribution < -0.4 is 10.2 Å². The maximum atomic E-state index is 12.4. The fourth-order valence-corrected chi connectivity index (χ4v) is 2.92. The molecule has 10 nitrogen and oxygen atoms in total. The average molecular weight is 684 g/mol. The zero-order valence-corrected chi connectivity index (χ0v) is 23.4. The minimum absolute atomic E-state index is 0. The molecule has 4 aromatic rings. The minimum atomic E-state index is -4.38. The van der Waals surface area contributed by atoms with Gasteiger partial charge in [-0.1, -0.05) is 24.3 Å². The number of nitrogens with zero attached hydrogens (tertiary/aromatic N) is 6. The Bertz CT molecular complexity index is 1430. The van der Waals surface area contributed by atoms with Crippen molar-refractivity contribution >= 4 is 24.2 Å². The van der Waals surface area contributed by atoms with Crippen LogP contribution in [0.15, 0.2) is 118 Å². The number of hydrogen-bond acceptors (Lipinski definition) is 8. The standard InChI is InChI=1S/2C14H10F3N3O.Cu.2H2O/c2*15-14(16,17)12-3-1-10(2-4-12)9-19-20-13(21)11-5-7-18-8-6-11;;;/h2*1-9H,(H,20,21);;2*1H2/q;;+2;;/p-2/b2*19-9+;;;. The first kappa shape index (κ1) is 40.0. The summed E-state index contributed by atoms with van der Waals surface area (Å²) in [5, 5.41) is 37.1. The zero-order valence-electron chi connectivity index (χ0n) is 22.5. The second-order valence-electron chi connectivity index (χ2n) is 8.01. The van der Waals surface area contributed by atoms with E-state index in [1.54, 1.807) is 0 Å². The average Bonchev–Trinajstić information content (AvgIpc) is 2.98. The van der Waals surface area contributed by atoms with Crippen LogP contribution in [0.5, 0.6) is 0 Å². The van der Waals surface area contributed by atoms with Crippen LogP contribution >= 0.6 is 0 Å². The Balaban J connectivity index is 0.000000807. The van der Waals surface area contributed by atoms with E-state index in [2.05, 4.69) is 30.4 Å². The van der Waals surface area contributed by atoms with Crippen LogP contribution in [-0.4, -0.2) is 45.1 Å². The molecule has 17 heteroatoms. The predicted octanol–water partition coefficient (Wildman–Crippen LogP) is 2.83. The number of pyridine rings is 2. The van der Waals surface area contributed by atoms with Crippen LogP contribution in [0.1, 0.15) is 33.4 Å². The molecule has 4 rings (SSSR count). The van der Waals surface area contributed by atoms with E-state index in [9.17, 15) is 36.6 Å². The Morgan fingerprint density at radius 2 is 0.822 bits per heavy atom. The molecule has 1 radical (unpaired) electrons. The van der Waals surface area contributed by atoms with Crippen molar-refractivity contribution in [3.8, 4) is 0 Å². The number of hydrogen-bond donors (Lipinski definition) is 0. The van der Waals surface area contributed by atoms with E-state index in [1.165, 1.54) is 85.7 Å². The smallest absolute Gasteiger partial charge is 0.857 e. The first-order chi connectivity index (χ1) is 19.9. The molecule has 0 fully saturated rings. The molecule has 0 spiro atoms. The molecule has 0 saturated heterocycles. The first-order valence-corrected chi connectivity index (χ1v) is 11.6. The van der Waals surface area contributed by atoms with Gasteiger partial charge in [-0.25, -0.2) is 0 Å². The van der Waals surface area contributed by atoms with Gasteiger partial charge in [-0.15, -0.1) is 0 Å². The van der Waals surface area contributed by atoms with Crippen molar-refractivity contribution in [2.75, 3.05) is 0 Å². The number of alkyl halides is 6. The van der Waals surface area contributed by atoms with Gasteiger partial charge in [0.2, 0.25) is 0 Å². The third-order valence-electron chi connectivity index (χ3n) is 5.04. The molecule has 0 unspecified atom stereocenters. The molecule has 0 saturated carbocycles. The van der Waals surface area contributed by atoms with Gasteiger partial charge < -0.3 is 21.2 Å². The Morgan fingerprint density at radius 3 is 1.09 bits per heavy atom. The zero-order chi connectivity index (χ0) is 30.6. The van der Waals surface area contributed by atoms with Gasteiger partial charge in [0, 0.05) is 36.6 Å². The SMILES string of the molecule is O.O.[Cu+2].[O-]/C(=N\N=C\c1ccc(C(F)(F)F)cc1)c1ccncc1.[O-]/C(=N\N=C\c1ccc(C(F)(F)F)cc1)c1ccncc1. The Kier molecular flexibility index (Phi) is 16.6. The van der Waals surface area contributed by atoms with Gasteiger partial charge in [0.1, 0.15) is 0 Å². The van der Waals surface area contributed by atoms with Gasteiger partial charge in [0.05, 0.1) is 23.6 Å². The van der Waals surface area contributed by atoms with E-state index in [4.69, 9.17) is 0 Å². The molecule has 0 aliphatic rings. The number of benzene rings is 2. The molecule has 2 aromatic heterocycles. The maximum Gasteiger partial charge on any atom is 2.00 e. The summed E-state index contributed by atoms with van der Waals surface area (Å²) in [7, 11) is 0. The van der Waals surface area contributed by atoms with Crippen molar-refractivity contribution in [3.63, 3.8) is 0 Å². The van der Waals surface area contributed by atoms with E-state index in [-0.39, 0.29) is 28.0 Å². The molecule has 45 heavy (non-hydrogen) atoms. The predicted molar refractivity (Wildman–Crippen MR) is 147 cm³/mol. The number of aromatic nitrogens is 2. The molecule has 2 heterocycles. The van der Waals surface area contributed by atoms with Gasteiger partial charge in [-0.05, 0) is 70.8 Å². The van der Waals surface area contributed by atoms with Crippen LogP contribution in [-0.2, 0) is 29.4 Å². The van der Waals surface area contributed by atoms with E-state index < -0.39 is 35.3 Å². The van der Waals surface area contributed by atoms with Gasteiger partial charge in [0.25, 0.3) is 0 Å². The molecule has 0 atom stereocenters. The van der Waals surface area contributed by atoms with Crippen LogP contribution in [0.4, 0.5) is 26.3 Å². The summed E-state index contributed by atoms with van der Waals surface area (Å²) in [6.07, 6.45) is -0.553. The van der Waals surface area contributed by atoms with Crippen molar-refractivity contribution < 1.29 is 64.6 Å². The van der Waals surface area contributed by atoms with E-state index in [0.717, 1.165) is 24.3 Å². The van der Waals surface area contributed by atoms with Crippen molar-refractivity contribution in [3.05, 3.63) is 131 Å². The molecule has 241 valence electrons. The van der Waals surface area contributed by atoms with Crippen molar-refractivity contribution in [2.24, 2.45) is 20.4 Å². The summed E-state index contributed by atoms with van der Waals surface area (Å²) in [6, 6.07) is 14.7. The van der Waals surface area contributed by atoms with E-state index in [1.807, 2.05) is 0 Å². The second-order valence-corrected chi connectivity index (χ2v) is 8.01. The van der Waals surface area contributed by atoms with E-state index in [0.29, 0.717) is 22.3 Å².